The average Bonchev–Trinajstić information content (AvgIpc) is 1.61. The van der Waals surface area contributed by atoms with Crippen LogP contribution in [0.1, 0.15) is 12.8 Å². The second-order valence-corrected chi connectivity index (χ2v) is 1.43. The Hall–Kier alpha value is -0.0600. The van der Waals surface area contributed by atoms with Crippen molar-refractivity contribution in [2.24, 2.45) is 11.5 Å². The standard InChI is InChI=1S/C4H8N2O2.Na.H/c5-3(7)1-2-4(6)8;;/h1-2H2,(H2,5,7)(H2,6,8);;. The zero-order chi connectivity index (χ0) is 6.57. The van der Waals surface area contributed by atoms with Crippen LogP contribution in [0.15, 0.2) is 0 Å². The molecule has 0 aromatic rings. The molecule has 4 nitrogen and oxygen atoms in total. The van der Waals surface area contributed by atoms with Crippen LogP contribution in [0.3, 0.4) is 0 Å². The van der Waals surface area contributed by atoms with Crippen molar-refractivity contribution in [1.29, 1.82) is 0 Å². The summed E-state index contributed by atoms with van der Waals surface area (Å²) >= 11 is 0. The molecule has 0 aliphatic rings. The first kappa shape index (κ1) is 11.7. The van der Waals surface area contributed by atoms with Crippen LogP contribution in [0.4, 0.5) is 0 Å². The summed E-state index contributed by atoms with van der Waals surface area (Å²) in [5, 5.41) is 0. The predicted octanol–water partition coefficient (Wildman–Crippen LogP) is -1.91. The molecule has 2 amide bonds. The van der Waals surface area contributed by atoms with Gasteiger partial charge in [0, 0.05) is 12.8 Å². The molecular formula is C4H9N2NaO2. The monoisotopic (exact) mass is 140 g/mol. The van der Waals surface area contributed by atoms with E-state index in [9.17, 15) is 9.59 Å². The van der Waals surface area contributed by atoms with Crippen molar-refractivity contribution in [1.82, 2.24) is 0 Å². The van der Waals surface area contributed by atoms with Gasteiger partial charge in [0.1, 0.15) is 0 Å². The fourth-order valence-electron chi connectivity index (χ4n) is 0.246. The average molecular weight is 140 g/mol. The number of hydrogen-bond donors (Lipinski definition) is 2. The van der Waals surface area contributed by atoms with Crippen LogP contribution in [0.2, 0.25) is 0 Å². The number of hydrogen-bond acceptors (Lipinski definition) is 2. The second kappa shape index (κ2) is 6.07. The molecule has 0 unspecified atom stereocenters. The van der Waals surface area contributed by atoms with Gasteiger partial charge in [-0.1, -0.05) is 0 Å². The van der Waals surface area contributed by atoms with Gasteiger partial charge in [0.2, 0.25) is 11.8 Å². The summed E-state index contributed by atoms with van der Waals surface area (Å²) in [5.74, 6) is -0.993. The molecular weight excluding hydrogens is 131 g/mol. The van der Waals surface area contributed by atoms with Crippen LogP contribution in [-0.4, -0.2) is 41.4 Å². The molecule has 0 heterocycles. The molecule has 0 spiro atoms. The first-order valence-corrected chi connectivity index (χ1v) is 2.19. The summed E-state index contributed by atoms with van der Waals surface area (Å²) in [6, 6.07) is 0. The normalized spacial score (nSPS) is 7.56. The zero-order valence-electron chi connectivity index (χ0n) is 4.39. The molecule has 0 rings (SSSR count). The molecule has 48 valence electrons. The van der Waals surface area contributed by atoms with Gasteiger partial charge < -0.3 is 11.5 Å². The van der Waals surface area contributed by atoms with Gasteiger partial charge in [-0.15, -0.1) is 0 Å². The summed E-state index contributed by atoms with van der Waals surface area (Å²) in [5.41, 5.74) is 9.39. The Morgan fingerprint density at radius 3 is 1.33 bits per heavy atom. The van der Waals surface area contributed by atoms with Crippen LogP contribution in [0.25, 0.3) is 0 Å². The van der Waals surface area contributed by atoms with E-state index in [1.54, 1.807) is 0 Å². The third-order valence-corrected chi connectivity index (χ3v) is 0.618. The van der Waals surface area contributed by atoms with E-state index in [0.29, 0.717) is 0 Å². The van der Waals surface area contributed by atoms with Crippen molar-refractivity contribution < 1.29 is 9.59 Å². The molecule has 0 saturated carbocycles. The predicted molar refractivity (Wildman–Crippen MR) is 34.8 cm³/mol. The Morgan fingerprint density at radius 1 is 1.00 bits per heavy atom. The number of amides is 2. The van der Waals surface area contributed by atoms with Gasteiger partial charge in [-0.2, -0.15) is 0 Å². The van der Waals surface area contributed by atoms with E-state index in [4.69, 9.17) is 11.5 Å². The molecule has 4 N–H and O–H groups in total. The van der Waals surface area contributed by atoms with Gasteiger partial charge in [0.15, 0.2) is 0 Å². The van der Waals surface area contributed by atoms with Crippen LogP contribution >= 0.6 is 0 Å². The molecule has 5 heteroatoms. The van der Waals surface area contributed by atoms with Gasteiger partial charge in [0.05, 0.1) is 0 Å². The Labute approximate surface area is 75.3 Å². The molecule has 0 aromatic carbocycles. The minimum absolute atomic E-state index is 0. The van der Waals surface area contributed by atoms with Gasteiger partial charge in [0.25, 0.3) is 0 Å². The van der Waals surface area contributed by atoms with E-state index in [1.807, 2.05) is 0 Å². The van der Waals surface area contributed by atoms with E-state index in [2.05, 4.69) is 0 Å². The quantitative estimate of drug-likeness (QED) is 0.448. The summed E-state index contributed by atoms with van der Waals surface area (Å²) in [7, 11) is 0. The Morgan fingerprint density at radius 2 is 1.22 bits per heavy atom. The minimum atomic E-state index is -0.496. The van der Waals surface area contributed by atoms with E-state index >= 15 is 0 Å². The molecule has 0 atom stereocenters. The Bertz CT molecular complexity index is 101. The van der Waals surface area contributed by atoms with Crippen molar-refractivity contribution in [3.8, 4) is 0 Å². The summed E-state index contributed by atoms with van der Waals surface area (Å²) in [6.45, 7) is 0. The number of carbonyl (C=O) groups is 2. The van der Waals surface area contributed by atoms with Gasteiger partial charge in [-0.3, -0.25) is 9.59 Å². The van der Waals surface area contributed by atoms with E-state index in [-0.39, 0.29) is 42.4 Å². The molecule has 0 saturated heterocycles. The van der Waals surface area contributed by atoms with Gasteiger partial charge in [-0.05, 0) is 0 Å². The van der Waals surface area contributed by atoms with Crippen molar-refractivity contribution in [3.63, 3.8) is 0 Å². The molecule has 0 aliphatic carbocycles. The van der Waals surface area contributed by atoms with E-state index in [1.165, 1.54) is 0 Å². The van der Waals surface area contributed by atoms with Crippen molar-refractivity contribution in [2.75, 3.05) is 0 Å². The van der Waals surface area contributed by atoms with Gasteiger partial charge >= 0.3 is 29.6 Å². The zero-order valence-corrected chi connectivity index (χ0v) is 4.39. The third kappa shape index (κ3) is 11.5. The number of nitrogens with two attached hydrogens (primary N) is 2. The maximum absolute atomic E-state index is 9.92. The van der Waals surface area contributed by atoms with Crippen LogP contribution in [0, 0.1) is 0 Å². The molecule has 0 bridgehead atoms. The maximum atomic E-state index is 9.92. The topological polar surface area (TPSA) is 86.2 Å². The second-order valence-electron chi connectivity index (χ2n) is 1.43. The Kier molecular flexibility index (Phi) is 7.89. The van der Waals surface area contributed by atoms with Crippen LogP contribution in [0.5, 0.6) is 0 Å². The first-order valence-electron chi connectivity index (χ1n) is 2.19. The summed E-state index contributed by atoms with van der Waals surface area (Å²) < 4.78 is 0. The SMILES string of the molecule is NC(=O)CCC(N)=O.[NaH]. The van der Waals surface area contributed by atoms with E-state index in [0.717, 1.165) is 0 Å². The third-order valence-electron chi connectivity index (χ3n) is 0.618. The summed E-state index contributed by atoms with van der Waals surface area (Å²) in [6.07, 6.45) is 0.102. The first-order chi connectivity index (χ1) is 3.63. The van der Waals surface area contributed by atoms with Gasteiger partial charge in [-0.25, -0.2) is 0 Å². The van der Waals surface area contributed by atoms with Crippen LogP contribution in [-0.2, 0) is 9.59 Å². The molecule has 0 radical (unpaired) electrons. The summed E-state index contributed by atoms with van der Waals surface area (Å²) in [4.78, 5) is 19.8. The van der Waals surface area contributed by atoms with Crippen LogP contribution < -0.4 is 11.5 Å². The number of rotatable bonds is 3. The molecule has 0 aromatic heterocycles. The Balaban J connectivity index is 0. The fraction of sp³-hybridized carbons (Fsp3) is 0.500. The number of carbonyl (C=O) groups excluding carboxylic acids is 2. The van der Waals surface area contributed by atoms with E-state index < -0.39 is 11.8 Å². The van der Waals surface area contributed by atoms with Crippen molar-refractivity contribution in [3.05, 3.63) is 0 Å². The van der Waals surface area contributed by atoms with Crippen molar-refractivity contribution in [2.45, 2.75) is 12.8 Å². The molecule has 0 aliphatic heterocycles. The fourth-order valence-corrected chi connectivity index (χ4v) is 0.246. The van der Waals surface area contributed by atoms with Crippen molar-refractivity contribution >= 4 is 41.4 Å². The molecule has 0 fully saturated rings. The molecule has 9 heavy (non-hydrogen) atoms. The number of primary amides is 2.